The van der Waals surface area contributed by atoms with Crippen LogP contribution in [0.4, 0.5) is 5.69 Å². The summed E-state index contributed by atoms with van der Waals surface area (Å²) in [5, 5.41) is 13.4. The topological polar surface area (TPSA) is 83.1 Å². The number of aromatic nitrogens is 1. The Morgan fingerprint density at radius 3 is 2.59 bits per heavy atom. The number of hydrogen-bond donors (Lipinski definition) is 1. The summed E-state index contributed by atoms with van der Waals surface area (Å²) in [6, 6.07) is 14.9. The zero-order valence-corrected chi connectivity index (χ0v) is 16.5. The first-order chi connectivity index (χ1) is 14.1. The van der Waals surface area contributed by atoms with Gasteiger partial charge in [-0.2, -0.15) is 0 Å². The first kappa shape index (κ1) is 19.0. The van der Waals surface area contributed by atoms with E-state index in [0.29, 0.717) is 13.2 Å². The summed E-state index contributed by atoms with van der Waals surface area (Å²) in [6.45, 7) is 5.74. The Balaban J connectivity index is 1.81. The standard InChI is InChI=1S/C22H23N3O4/c1-3-28-20-12-16-14-23-22(15-7-5-8-17(11-15)25(26)27)18-9-6-10-24(18)19(16)13-21(20)29-4-2/h5-13,22-23H,3-4,14H2,1-2H3/p+1. The van der Waals surface area contributed by atoms with E-state index in [1.54, 1.807) is 12.1 Å². The third kappa shape index (κ3) is 3.56. The van der Waals surface area contributed by atoms with Gasteiger partial charge in [0.05, 0.1) is 29.5 Å². The maximum absolute atomic E-state index is 11.2. The van der Waals surface area contributed by atoms with Crippen LogP contribution in [-0.4, -0.2) is 22.7 Å². The minimum atomic E-state index is -0.350. The summed E-state index contributed by atoms with van der Waals surface area (Å²) >= 11 is 0. The van der Waals surface area contributed by atoms with Gasteiger partial charge in [-0.25, -0.2) is 0 Å². The first-order valence-corrected chi connectivity index (χ1v) is 9.80. The van der Waals surface area contributed by atoms with Crippen LogP contribution >= 0.6 is 0 Å². The van der Waals surface area contributed by atoms with Crippen molar-refractivity contribution in [1.82, 2.24) is 4.57 Å². The number of ether oxygens (including phenoxy) is 2. The average molecular weight is 394 g/mol. The van der Waals surface area contributed by atoms with Crippen LogP contribution in [0, 0.1) is 10.1 Å². The van der Waals surface area contributed by atoms with E-state index in [2.05, 4.69) is 16.0 Å². The lowest BCUT2D eigenvalue weighted by molar-refractivity contribution is -0.702. The predicted octanol–water partition coefficient (Wildman–Crippen LogP) is 3.35. The lowest BCUT2D eigenvalue weighted by Crippen LogP contribution is -2.83. The second-order valence-electron chi connectivity index (χ2n) is 6.87. The van der Waals surface area contributed by atoms with Gasteiger partial charge in [-0.05, 0) is 32.0 Å². The highest BCUT2D eigenvalue weighted by Crippen LogP contribution is 2.36. The number of nitrogens with zero attached hydrogens (tertiary/aromatic N) is 2. The largest absolute Gasteiger partial charge is 0.490 e. The van der Waals surface area contributed by atoms with Crippen LogP contribution in [0.5, 0.6) is 11.5 Å². The number of rotatable bonds is 6. The van der Waals surface area contributed by atoms with Gasteiger partial charge in [-0.3, -0.25) is 10.1 Å². The molecule has 4 rings (SSSR count). The Kier molecular flexibility index (Phi) is 5.22. The molecule has 1 unspecified atom stereocenters. The second-order valence-corrected chi connectivity index (χ2v) is 6.87. The Hall–Kier alpha value is -3.32. The molecule has 0 amide bonds. The summed E-state index contributed by atoms with van der Waals surface area (Å²) < 4.78 is 13.8. The van der Waals surface area contributed by atoms with Gasteiger partial charge in [0.2, 0.25) is 0 Å². The van der Waals surface area contributed by atoms with Crippen LogP contribution in [0.1, 0.15) is 36.7 Å². The van der Waals surface area contributed by atoms with Crippen LogP contribution in [0.15, 0.2) is 54.7 Å². The number of non-ortho nitro benzene ring substituents is 1. The number of nitro benzene ring substituents is 1. The summed E-state index contributed by atoms with van der Waals surface area (Å²) in [4.78, 5) is 10.9. The normalized spacial score (nSPS) is 15.2. The molecule has 0 radical (unpaired) electrons. The molecule has 3 aromatic rings. The minimum Gasteiger partial charge on any atom is -0.490 e. The molecular formula is C22H24N3O4+. The SMILES string of the molecule is CCOc1cc2c(cc1OCC)-n1cccc1C(c1cccc([N+](=O)[O-])c1)[NH2+]C2. The van der Waals surface area contributed by atoms with Crippen molar-refractivity contribution in [3.05, 3.63) is 81.7 Å². The van der Waals surface area contributed by atoms with Crippen molar-refractivity contribution >= 4 is 5.69 Å². The van der Waals surface area contributed by atoms with Gasteiger partial charge in [-0.15, -0.1) is 0 Å². The molecule has 7 heteroatoms. The number of nitro groups is 1. The van der Waals surface area contributed by atoms with Gasteiger partial charge in [0.1, 0.15) is 6.54 Å². The lowest BCUT2D eigenvalue weighted by Gasteiger charge is -2.16. The number of quaternary nitrogens is 1. The molecule has 1 aliphatic rings. The van der Waals surface area contributed by atoms with Crippen LogP contribution < -0.4 is 14.8 Å². The molecule has 2 aromatic carbocycles. The molecule has 2 heterocycles. The van der Waals surface area contributed by atoms with Gasteiger partial charge in [0.15, 0.2) is 17.5 Å². The van der Waals surface area contributed by atoms with Gasteiger partial charge >= 0.3 is 0 Å². The van der Waals surface area contributed by atoms with E-state index in [4.69, 9.17) is 9.47 Å². The Morgan fingerprint density at radius 1 is 1.10 bits per heavy atom. The number of nitrogens with two attached hydrogens (primary N) is 1. The zero-order valence-electron chi connectivity index (χ0n) is 16.5. The summed E-state index contributed by atoms with van der Waals surface area (Å²) in [7, 11) is 0. The van der Waals surface area contributed by atoms with E-state index in [0.717, 1.165) is 40.6 Å². The summed E-state index contributed by atoms with van der Waals surface area (Å²) in [5.41, 5.74) is 4.24. The van der Waals surface area contributed by atoms with Gasteiger partial charge < -0.3 is 19.4 Å². The smallest absolute Gasteiger partial charge is 0.269 e. The van der Waals surface area contributed by atoms with E-state index in [1.807, 2.05) is 44.3 Å². The molecular weight excluding hydrogens is 370 g/mol. The maximum atomic E-state index is 11.2. The molecule has 0 saturated carbocycles. The lowest BCUT2D eigenvalue weighted by atomic mass is 10.0. The Bertz CT molecular complexity index is 1040. The maximum Gasteiger partial charge on any atom is 0.269 e. The molecule has 0 fully saturated rings. The fourth-order valence-electron chi connectivity index (χ4n) is 3.89. The molecule has 1 atom stereocenters. The van der Waals surface area contributed by atoms with Crippen LogP contribution in [0.3, 0.4) is 0 Å². The van der Waals surface area contributed by atoms with Crippen LogP contribution in [-0.2, 0) is 6.54 Å². The van der Waals surface area contributed by atoms with Crippen molar-refractivity contribution in [1.29, 1.82) is 0 Å². The number of fused-ring (bicyclic) bond motifs is 3. The highest BCUT2D eigenvalue weighted by Gasteiger charge is 2.28. The molecule has 0 saturated heterocycles. The monoisotopic (exact) mass is 394 g/mol. The fraction of sp³-hybridized carbons (Fsp3) is 0.273. The Morgan fingerprint density at radius 2 is 1.86 bits per heavy atom. The first-order valence-electron chi connectivity index (χ1n) is 9.80. The Labute approximate surface area is 169 Å². The van der Waals surface area contributed by atoms with Crippen molar-refractivity contribution < 1.29 is 19.7 Å². The van der Waals surface area contributed by atoms with Gasteiger partial charge in [-0.1, -0.05) is 12.1 Å². The summed E-state index contributed by atoms with van der Waals surface area (Å²) in [5.74, 6) is 1.46. The highest BCUT2D eigenvalue weighted by molar-refractivity contribution is 5.56. The van der Waals surface area contributed by atoms with E-state index >= 15 is 0 Å². The van der Waals surface area contributed by atoms with E-state index in [1.165, 1.54) is 6.07 Å². The molecule has 29 heavy (non-hydrogen) atoms. The predicted molar refractivity (Wildman–Crippen MR) is 109 cm³/mol. The highest BCUT2D eigenvalue weighted by atomic mass is 16.6. The minimum absolute atomic E-state index is 0.0524. The van der Waals surface area contributed by atoms with Gasteiger partial charge in [0.25, 0.3) is 5.69 Å². The molecule has 0 spiro atoms. The third-order valence-corrected chi connectivity index (χ3v) is 5.12. The van der Waals surface area contributed by atoms with Crippen molar-refractivity contribution in [2.75, 3.05) is 13.2 Å². The average Bonchev–Trinajstić information content (AvgIpc) is 3.14. The molecule has 150 valence electrons. The molecule has 1 aromatic heterocycles. The molecule has 0 bridgehead atoms. The number of hydrogen-bond acceptors (Lipinski definition) is 4. The third-order valence-electron chi connectivity index (χ3n) is 5.12. The van der Waals surface area contributed by atoms with Crippen molar-refractivity contribution in [2.24, 2.45) is 0 Å². The molecule has 2 N–H and O–H groups in total. The van der Waals surface area contributed by atoms with E-state index in [9.17, 15) is 10.1 Å². The molecule has 1 aliphatic heterocycles. The van der Waals surface area contributed by atoms with Crippen LogP contribution in [0.25, 0.3) is 5.69 Å². The van der Waals surface area contributed by atoms with Crippen molar-refractivity contribution in [2.45, 2.75) is 26.4 Å². The summed E-state index contributed by atoms with van der Waals surface area (Å²) in [6.07, 6.45) is 2.02. The molecule has 0 aliphatic carbocycles. The van der Waals surface area contributed by atoms with E-state index < -0.39 is 0 Å². The zero-order chi connectivity index (χ0) is 20.4. The van der Waals surface area contributed by atoms with E-state index in [-0.39, 0.29) is 16.7 Å². The quantitative estimate of drug-likeness (QED) is 0.513. The molecule has 7 nitrogen and oxygen atoms in total. The number of benzene rings is 2. The van der Waals surface area contributed by atoms with Crippen molar-refractivity contribution in [3.8, 4) is 17.2 Å². The van der Waals surface area contributed by atoms with Gasteiger partial charge in [0, 0.05) is 35.5 Å². The van der Waals surface area contributed by atoms with Crippen LogP contribution in [0.2, 0.25) is 0 Å². The van der Waals surface area contributed by atoms with Crippen molar-refractivity contribution in [3.63, 3.8) is 0 Å². The second kappa shape index (κ2) is 7.97. The fourth-order valence-corrected chi connectivity index (χ4v) is 3.89.